The number of aromatic amines is 2. The molecule has 10 rings (SSSR count). The van der Waals surface area contributed by atoms with Gasteiger partial charge in [0.25, 0.3) is 0 Å². The van der Waals surface area contributed by atoms with Gasteiger partial charge < -0.3 is 35.0 Å². The first-order valence-corrected chi connectivity index (χ1v) is 22.4. The predicted molar refractivity (Wildman–Crippen MR) is 259 cm³/mol. The number of anilines is 4. The minimum atomic E-state index is -0.640. The number of carbonyl (C=O) groups excluding carboxylic acids is 4. The summed E-state index contributed by atoms with van der Waals surface area (Å²) in [4.78, 5) is 78.8. The Kier molecular flexibility index (Phi) is 11.9. The van der Waals surface area contributed by atoms with Crippen molar-refractivity contribution in [3.63, 3.8) is 0 Å². The molecule has 0 bridgehead atoms. The third kappa shape index (κ3) is 8.92. The minimum absolute atomic E-state index is 0.223. The molecule has 4 aromatic heterocycles. The third-order valence-corrected chi connectivity index (χ3v) is 12.4. The van der Waals surface area contributed by atoms with Crippen molar-refractivity contribution in [2.24, 2.45) is 5.73 Å². The van der Waals surface area contributed by atoms with Crippen LogP contribution in [0.25, 0.3) is 44.1 Å². The molecule has 8 aromatic rings. The van der Waals surface area contributed by atoms with Crippen LogP contribution in [0, 0.1) is 6.92 Å². The first-order chi connectivity index (χ1) is 32.7. The highest BCUT2D eigenvalue weighted by molar-refractivity contribution is 6.14. The molecule has 0 aliphatic carbocycles. The van der Waals surface area contributed by atoms with E-state index in [1.807, 2.05) is 98.2 Å². The summed E-state index contributed by atoms with van der Waals surface area (Å²) in [5.41, 5.74) is 13.4. The van der Waals surface area contributed by atoms with Gasteiger partial charge in [0.05, 0.1) is 37.8 Å². The zero-order valence-corrected chi connectivity index (χ0v) is 37.0. The van der Waals surface area contributed by atoms with Gasteiger partial charge in [0.15, 0.2) is 11.6 Å². The molecule has 6 heterocycles. The molecule has 67 heavy (non-hydrogen) atoms. The Hall–Kier alpha value is -7.94. The van der Waals surface area contributed by atoms with E-state index in [2.05, 4.69) is 24.8 Å². The lowest BCUT2D eigenvalue weighted by Crippen LogP contribution is -2.37. The Balaban J connectivity index is 1.17. The average Bonchev–Trinajstić information content (AvgIpc) is 4.06. The van der Waals surface area contributed by atoms with E-state index >= 15 is 4.79 Å². The van der Waals surface area contributed by atoms with E-state index in [0.29, 0.717) is 115 Å². The summed E-state index contributed by atoms with van der Waals surface area (Å²) in [7, 11) is 0. The van der Waals surface area contributed by atoms with Crippen LogP contribution < -0.4 is 20.4 Å². The molecular formula is C53H48N8O6. The molecule has 2 aliphatic rings. The number of aromatic nitrogens is 4. The van der Waals surface area contributed by atoms with Crippen LogP contribution in [0.2, 0.25) is 0 Å². The summed E-state index contributed by atoms with van der Waals surface area (Å²) < 4.78 is 11.2. The number of benzene rings is 4. The fourth-order valence-electron chi connectivity index (χ4n) is 9.10. The molecule has 14 heteroatoms. The van der Waals surface area contributed by atoms with E-state index in [4.69, 9.17) is 20.2 Å². The quantitative estimate of drug-likeness (QED) is 0.0957. The van der Waals surface area contributed by atoms with Gasteiger partial charge in [-0.2, -0.15) is 0 Å². The fourth-order valence-corrected chi connectivity index (χ4v) is 9.10. The lowest BCUT2D eigenvalue weighted by atomic mass is 9.93. The molecule has 4 aromatic carbocycles. The van der Waals surface area contributed by atoms with Crippen molar-refractivity contribution in [1.82, 2.24) is 19.9 Å². The smallest absolute Gasteiger partial charge is 0.232 e. The Morgan fingerprint density at radius 3 is 1.70 bits per heavy atom. The van der Waals surface area contributed by atoms with Gasteiger partial charge in [0, 0.05) is 107 Å². The molecule has 0 spiro atoms. The molecule has 2 fully saturated rings. The molecule has 2 aliphatic heterocycles. The molecule has 2 amide bonds. The van der Waals surface area contributed by atoms with Gasteiger partial charge in [-0.05, 0) is 114 Å². The van der Waals surface area contributed by atoms with Crippen molar-refractivity contribution >= 4 is 68.2 Å². The van der Waals surface area contributed by atoms with Gasteiger partial charge in [0.2, 0.25) is 11.8 Å². The number of pyridine rings is 2. The van der Waals surface area contributed by atoms with Gasteiger partial charge in [-0.15, -0.1) is 0 Å². The highest BCUT2D eigenvalue weighted by Crippen LogP contribution is 2.39. The molecule has 14 nitrogen and oxygen atoms in total. The number of morpholine rings is 2. The van der Waals surface area contributed by atoms with Crippen LogP contribution in [0.1, 0.15) is 50.4 Å². The normalized spacial score (nSPS) is 14.1. The van der Waals surface area contributed by atoms with Gasteiger partial charge in [0.1, 0.15) is 11.6 Å². The summed E-state index contributed by atoms with van der Waals surface area (Å²) in [6.45, 7) is 6.67. The van der Waals surface area contributed by atoms with Crippen molar-refractivity contribution in [3.8, 4) is 22.3 Å². The molecule has 0 unspecified atom stereocenters. The second kappa shape index (κ2) is 18.5. The second-order valence-electron chi connectivity index (χ2n) is 16.8. The highest BCUT2D eigenvalue weighted by atomic mass is 16.5. The highest BCUT2D eigenvalue weighted by Gasteiger charge is 2.26. The number of H-pyrrole nitrogens is 2. The van der Waals surface area contributed by atoms with E-state index < -0.39 is 11.8 Å². The van der Waals surface area contributed by atoms with Crippen LogP contribution in [0.5, 0.6) is 0 Å². The van der Waals surface area contributed by atoms with Gasteiger partial charge >= 0.3 is 0 Å². The number of nitrogens with zero attached hydrogens (tertiary/aromatic N) is 5. The predicted octanol–water partition coefficient (Wildman–Crippen LogP) is 8.15. The number of aryl methyl sites for hydroxylation is 1. The van der Waals surface area contributed by atoms with Crippen LogP contribution in [-0.2, 0) is 19.1 Å². The lowest BCUT2D eigenvalue weighted by molar-refractivity contribution is -0.123. The van der Waals surface area contributed by atoms with E-state index in [1.165, 1.54) is 4.90 Å². The van der Waals surface area contributed by atoms with Crippen molar-refractivity contribution in [1.29, 1.82) is 0 Å². The zero-order chi connectivity index (χ0) is 46.0. The Bertz CT molecular complexity index is 3200. The molecular weight excluding hydrogens is 845 g/mol. The summed E-state index contributed by atoms with van der Waals surface area (Å²) >= 11 is 0. The van der Waals surface area contributed by atoms with Crippen molar-refractivity contribution in [2.45, 2.75) is 19.8 Å². The Labute approximate surface area is 386 Å². The van der Waals surface area contributed by atoms with E-state index in [1.54, 1.807) is 36.5 Å². The number of amides is 2. The van der Waals surface area contributed by atoms with Crippen molar-refractivity contribution in [3.05, 3.63) is 156 Å². The second-order valence-corrected chi connectivity index (χ2v) is 16.8. The van der Waals surface area contributed by atoms with Crippen LogP contribution >= 0.6 is 0 Å². The zero-order valence-electron chi connectivity index (χ0n) is 37.0. The number of hydrogen-bond donors (Lipinski definition) is 3. The largest absolute Gasteiger partial charge is 0.378 e. The molecule has 336 valence electrons. The van der Waals surface area contributed by atoms with Gasteiger partial charge in [-0.3, -0.25) is 24.1 Å². The molecule has 2 saturated heterocycles. The van der Waals surface area contributed by atoms with Crippen molar-refractivity contribution < 1.29 is 28.7 Å². The minimum Gasteiger partial charge on any atom is -0.378 e. The maximum atomic E-state index is 15.0. The average molecular weight is 893 g/mol. The van der Waals surface area contributed by atoms with Gasteiger partial charge in [-0.25, -0.2) is 9.97 Å². The number of ketones is 2. The van der Waals surface area contributed by atoms with Crippen LogP contribution in [-0.4, -0.2) is 95.9 Å². The van der Waals surface area contributed by atoms with Crippen molar-refractivity contribution in [2.75, 3.05) is 67.3 Å². The number of nitrogens with two attached hydrogens (primary N) is 1. The summed E-state index contributed by atoms with van der Waals surface area (Å²) in [6.07, 6.45) is 4.89. The first-order valence-electron chi connectivity index (χ1n) is 22.4. The third-order valence-electron chi connectivity index (χ3n) is 12.4. The summed E-state index contributed by atoms with van der Waals surface area (Å²) in [5.74, 6) is -0.305. The number of hydrogen-bond acceptors (Lipinski definition) is 10. The molecule has 0 saturated carbocycles. The van der Waals surface area contributed by atoms with Crippen LogP contribution in [0.3, 0.4) is 0 Å². The molecule has 0 atom stereocenters. The van der Waals surface area contributed by atoms with Crippen LogP contribution in [0.15, 0.2) is 128 Å². The maximum Gasteiger partial charge on any atom is 0.232 e. The molecule has 4 N–H and O–H groups in total. The van der Waals surface area contributed by atoms with Crippen LogP contribution in [0.4, 0.5) is 23.0 Å². The summed E-state index contributed by atoms with van der Waals surface area (Å²) in [5, 5.41) is 1.84. The summed E-state index contributed by atoms with van der Waals surface area (Å²) in [6, 6.07) is 33.6. The number of fused-ring (bicyclic) bond motifs is 2. The maximum absolute atomic E-state index is 15.0. The van der Waals surface area contributed by atoms with E-state index in [0.717, 1.165) is 32.9 Å². The number of nitrogens with one attached hydrogen (secondary N) is 2. The standard InChI is InChI=1S/C53H48N8O6/c1-33-24-37(32-50(58-33)60-18-22-67-23-19-60)53(65)39-26-36(43-5-3-7-47-45(43)12-15-56-47)28-41(30-39)61(51(63)9-8-48(54)62)40-27-35(42-4-2-6-46-44(42)11-14-55-46)25-38(29-40)52(64)34-10-13-57-49(31-34)59-16-20-66-21-17-59/h2-7,10-15,24-32,55-56H,8-9,16-23H2,1H3,(H2,54,62). The topological polar surface area (TPSA) is 180 Å². The lowest BCUT2D eigenvalue weighted by Gasteiger charge is -2.28. The number of primary amides is 1. The number of rotatable bonds is 13. The van der Waals surface area contributed by atoms with E-state index in [-0.39, 0.29) is 24.4 Å². The molecule has 0 radical (unpaired) electrons. The Morgan fingerprint density at radius 2 is 1.13 bits per heavy atom. The van der Waals surface area contributed by atoms with E-state index in [9.17, 15) is 14.4 Å². The number of ether oxygens (including phenoxy) is 2. The number of carbonyl (C=O) groups is 4. The monoisotopic (exact) mass is 892 g/mol. The first kappa shape index (κ1) is 43.0. The van der Waals surface area contributed by atoms with Gasteiger partial charge in [-0.1, -0.05) is 24.3 Å². The Morgan fingerprint density at radius 1 is 0.612 bits per heavy atom. The fraction of sp³-hybridized carbons (Fsp3) is 0.208. The SMILES string of the molecule is Cc1cc(C(=O)c2cc(-c3cccc4[nH]ccc34)cc(N(C(=O)CCC(N)=O)c3cc(C(=O)c4ccnc(N5CCOCC5)c4)cc(-c4cccc5[nH]ccc45)c3)c2)cc(N2CCOCC2)n1.